The smallest absolute Gasteiger partial charge is 0.0177 e. The van der Waals surface area contributed by atoms with Gasteiger partial charge in [0, 0.05) is 17.4 Å². The largest absolute Gasteiger partial charge is 0.0769 e. The predicted molar refractivity (Wildman–Crippen MR) is 33.3 cm³/mol. The van der Waals surface area contributed by atoms with E-state index in [1.807, 2.05) is 0 Å². The zero-order valence-electron chi connectivity index (χ0n) is 4.28. The maximum atomic E-state index is 2.42. The average Bonchev–Trinajstić information content (AvgIpc) is 1.38. The molecule has 0 radical (unpaired) electrons. The second-order valence-electron chi connectivity index (χ2n) is 1.80. The second-order valence-corrected chi connectivity index (χ2v) is 12.8. The highest BCUT2D eigenvalue weighted by molar-refractivity contribution is 7.10. The molecule has 0 saturated carbocycles. The van der Waals surface area contributed by atoms with E-state index in [2.05, 4.69) is 19.6 Å². The van der Waals surface area contributed by atoms with E-state index in [-0.39, 0.29) is 8.31 Å². The van der Waals surface area contributed by atoms with Crippen LogP contribution in [0.5, 0.6) is 0 Å². The summed E-state index contributed by atoms with van der Waals surface area (Å²) in [7, 11) is 0.477. The summed E-state index contributed by atoms with van der Waals surface area (Å²) in [6.45, 7) is 7.25. The standard InChI is InChI=1S/C3H12Si2/c1-4-5(2)3/h5H,4H2,1-3H3. The molecule has 0 bridgehead atoms. The van der Waals surface area contributed by atoms with Crippen molar-refractivity contribution in [2.75, 3.05) is 0 Å². The lowest BCUT2D eigenvalue weighted by atomic mass is 11.9. The van der Waals surface area contributed by atoms with E-state index >= 15 is 0 Å². The van der Waals surface area contributed by atoms with Crippen LogP contribution in [0.25, 0.3) is 0 Å². The van der Waals surface area contributed by atoms with E-state index in [1.165, 1.54) is 0 Å². The van der Waals surface area contributed by atoms with Crippen LogP contribution >= 0.6 is 0 Å². The Morgan fingerprint density at radius 2 is 1.60 bits per heavy atom. The Balaban J connectivity index is 2.54. The minimum absolute atomic E-state index is 0.0108. The molecule has 0 amide bonds. The topological polar surface area (TPSA) is 0 Å². The zero-order chi connectivity index (χ0) is 4.28. The van der Waals surface area contributed by atoms with Gasteiger partial charge in [-0.05, 0) is 0 Å². The van der Waals surface area contributed by atoms with Crippen molar-refractivity contribution in [3.63, 3.8) is 0 Å². The highest BCUT2D eigenvalue weighted by Gasteiger charge is 1.84. The molecule has 2 heteroatoms. The van der Waals surface area contributed by atoms with Crippen LogP contribution in [0.2, 0.25) is 19.6 Å². The van der Waals surface area contributed by atoms with Gasteiger partial charge in [-0.15, -0.1) is 0 Å². The van der Waals surface area contributed by atoms with E-state index in [9.17, 15) is 0 Å². The molecular weight excluding hydrogens is 92.2 g/mol. The average molecular weight is 104 g/mol. The van der Waals surface area contributed by atoms with E-state index in [1.54, 1.807) is 0 Å². The molecule has 0 aliphatic carbocycles. The van der Waals surface area contributed by atoms with Crippen LogP contribution in [-0.4, -0.2) is 17.4 Å². The van der Waals surface area contributed by atoms with E-state index in [0.717, 1.165) is 0 Å². The van der Waals surface area contributed by atoms with Crippen LogP contribution in [0.1, 0.15) is 0 Å². The Hall–Kier alpha value is 0.434. The summed E-state index contributed by atoms with van der Waals surface area (Å²) in [6, 6.07) is 0. The van der Waals surface area contributed by atoms with E-state index in [0.29, 0.717) is 9.04 Å². The molecule has 5 heavy (non-hydrogen) atoms. The van der Waals surface area contributed by atoms with Gasteiger partial charge in [-0.2, -0.15) is 0 Å². The van der Waals surface area contributed by atoms with Crippen molar-refractivity contribution in [3.05, 3.63) is 0 Å². The van der Waals surface area contributed by atoms with E-state index in [4.69, 9.17) is 0 Å². The van der Waals surface area contributed by atoms with Gasteiger partial charge in [0.05, 0.1) is 0 Å². The Morgan fingerprint density at radius 1 is 1.40 bits per heavy atom. The molecule has 0 aromatic carbocycles. The van der Waals surface area contributed by atoms with Crippen molar-refractivity contribution in [1.82, 2.24) is 0 Å². The summed E-state index contributed by atoms with van der Waals surface area (Å²) < 4.78 is 0. The Kier molecular flexibility index (Phi) is 2.89. The van der Waals surface area contributed by atoms with E-state index < -0.39 is 0 Å². The third-order valence-electron chi connectivity index (χ3n) is 0.816. The first-order valence-corrected chi connectivity index (χ1v) is 9.26. The molecule has 0 heterocycles. The molecule has 0 spiro atoms. The quantitative estimate of drug-likeness (QED) is 0.417. The van der Waals surface area contributed by atoms with Crippen molar-refractivity contribution < 1.29 is 0 Å². The fraction of sp³-hybridized carbons (Fsp3) is 1.00. The summed E-state index contributed by atoms with van der Waals surface area (Å²) >= 11 is 0. The molecular formula is C3H12Si2. The monoisotopic (exact) mass is 104 g/mol. The van der Waals surface area contributed by atoms with Crippen molar-refractivity contribution in [2.45, 2.75) is 19.6 Å². The van der Waals surface area contributed by atoms with Crippen molar-refractivity contribution >= 4 is 17.4 Å². The summed E-state index contributed by atoms with van der Waals surface area (Å²) in [6.07, 6.45) is 0. The molecule has 0 saturated heterocycles. The summed E-state index contributed by atoms with van der Waals surface area (Å²) in [5.41, 5.74) is 0. The Morgan fingerprint density at radius 3 is 1.60 bits per heavy atom. The number of rotatable bonds is 1. The van der Waals surface area contributed by atoms with Crippen molar-refractivity contribution in [1.29, 1.82) is 0 Å². The lowest BCUT2D eigenvalue weighted by molar-refractivity contribution is 2.07. The second kappa shape index (κ2) is 2.66. The summed E-state index contributed by atoms with van der Waals surface area (Å²) in [4.78, 5) is 0. The summed E-state index contributed by atoms with van der Waals surface area (Å²) in [5, 5.41) is 0. The van der Waals surface area contributed by atoms with Gasteiger partial charge in [-0.25, -0.2) is 0 Å². The first-order chi connectivity index (χ1) is 2.27. The molecule has 0 nitrogen and oxygen atoms in total. The van der Waals surface area contributed by atoms with Crippen LogP contribution in [0.3, 0.4) is 0 Å². The van der Waals surface area contributed by atoms with Crippen LogP contribution in [-0.2, 0) is 0 Å². The molecule has 0 aromatic rings. The van der Waals surface area contributed by atoms with Gasteiger partial charge in [0.1, 0.15) is 0 Å². The maximum absolute atomic E-state index is 2.42. The Labute approximate surface area is 37.8 Å². The third-order valence-corrected chi connectivity index (χ3v) is 7.35. The van der Waals surface area contributed by atoms with Crippen LogP contribution in [0.4, 0.5) is 0 Å². The molecule has 0 fully saturated rings. The van der Waals surface area contributed by atoms with Crippen LogP contribution < -0.4 is 0 Å². The predicted octanol–water partition coefficient (Wildman–Crippen LogP) is 0.187. The highest BCUT2D eigenvalue weighted by atomic mass is 29.2. The van der Waals surface area contributed by atoms with Crippen LogP contribution in [0, 0.1) is 0 Å². The Bertz CT molecular complexity index is 18.9. The van der Waals surface area contributed by atoms with Gasteiger partial charge in [0.2, 0.25) is 0 Å². The molecule has 0 aliphatic rings. The first-order valence-electron chi connectivity index (χ1n) is 2.27. The van der Waals surface area contributed by atoms with Crippen molar-refractivity contribution in [3.8, 4) is 0 Å². The lowest BCUT2D eigenvalue weighted by Crippen LogP contribution is -2.06. The third kappa shape index (κ3) is 4.43. The molecule has 32 valence electrons. The van der Waals surface area contributed by atoms with Gasteiger partial charge >= 0.3 is 0 Å². The first kappa shape index (κ1) is 5.43. The molecule has 0 atom stereocenters. The fourth-order valence-corrected chi connectivity index (χ4v) is 0. The number of hydrogen-bond donors (Lipinski definition) is 0. The lowest BCUT2D eigenvalue weighted by Gasteiger charge is -1.86. The summed E-state index contributed by atoms with van der Waals surface area (Å²) in [5.74, 6) is 0. The SMILES string of the molecule is C[SiH2][SiH](C)C. The number of hydrogen-bond acceptors (Lipinski definition) is 0. The van der Waals surface area contributed by atoms with Gasteiger partial charge in [-0.3, -0.25) is 0 Å². The van der Waals surface area contributed by atoms with Gasteiger partial charge < -0.3 is 0 Å². The van der Waals surface area contributed by atoms with Gasteiger partial charge in [0.15, 0.2) is 0 Å². The highest BCUT2D eigenvalue weighted by Crippen LogP contribution is 1.69. The minimum Gasteiger partial charge on any atom is -0.0769 e. The molecule has 0 unspecified atom stereocenters. The molecule has 0 aliphatic heterocycles. The molecule has 0 aromatic heterocycles. The van der Waals surface area contributed by atoms with Gasteiger partial charge in [0.25, 0.3) is 0 Å². The zero-order valence-corrected chi connectivity index (χ0v) is 6.85. The van der Waals surface area contributed by atoms with Crippen molar-refractivity contribution in [2.24, 2.45) is 0 Å². The van der Waals surface area contributed by atoms with Gasteiger partial charge in [-0.1, -0.05) is 19.6 Å². The maximum Gasteiger partial charge on any atom is 0.0177 e. The van der Waals surface area contributed by atoms with Crippen LogP contribution in [0.15, 0.2) is 0 Å². The molecule has 0 N–H and O–H groups in total. The fourth-order valence-electron chi connectivity index (χ4n) is 0. The normalized spacial score (nSPS) is 12.0. The molecule has 0 rings (SSSR count). The minimum atomic E-state index is -0.0108.